The molecule has 0 aliphatic carbocycles. The molecule has 1 atom stereocenters. The minimum Gasteiger partial charge on any atom is -0.476 e. The molecule has 4 heteroatoms. The van der Waals surface area contributed by atoms with E-state index in [4.69, 9.17) is 10.5 Å². The molecule has 4 nitrogen and oxygen atoms in total. The summed E-state index contributed by atoms with van der Waals surface area (Å²) in [5, 5.41) is 0. The summed E-state index contributed by atoms with van der Waals surface area (Å²) in [7, 11) is 2.17. The van der Waals surface area contributed by atoms with Gasteiger partial charge in [-0.25, -0.2) is 4.98 Å². The lowest BCUT2D eigenvalue weighted by molar-refractivity contribution is 0.122. The Kier molecular flexibility index (Phi) is 4.55. The lowest BCUT2D eigenvalue weighted by Gasteiger charge is -2.32. The molecule has 100 valence electrons. The van der Waals surface area contributed by atoms with Crippen LogP contribution in [0, 0.1) is 6.92 Å². The Labute approximate surface area is 109 Å². The number of rotatable bonds is 4. The molecule has 2 heterocycles. The van der Waals surface area contributed by atoms with Gasteiger partial charge < -0.3 is 15.4 Å². The van der Waals surface area contributed by atoms with Crippen LogP contribution < -0.4 is 10.5 Å². The van der Waals surface area contributed by atoms with Crippen LogP contribution in [0.25, 0.3) is 0 Å². The summed E-state index contributed by atoms with van der Waals surface area (Å²) in [6.45, 7) is 4.39. The van der Waals surface area contributed by atoms with E-state index in [2.05, 4.69) is 16.9 Å². The Morgan fingerprint density at radius 2 is 2.28 bits per heavy atom. The van der Waals surface area contributed by atoms with E-state index < -0.39 is 0 Å². The highest BCUT2D eigenvalue weighted by Gasteiger charge is 2.19. The SMILES string of the molecule is Cc1cc(CN)cc(OCC2CCCCN2C)n1. The summed E-state index contributed by atoms with van der Waals surface area (Å²) >= 11 is 0. The summed E-state index contributed by atoms with van der Waals surface area (Å²) in [6, 6.07) is 4.46. The third-order valence-electron chi connectivity index (χ3n) is 3.57. The van der Waals surface area contributed by atoms with Gasteiger partial charge in [0.1, 0.15) is 6.61 Å². The van der Waals surface area contributed by atoms with Crippen LogP contribution in [0.3, 0.4) is 0 Å². The molecule has 0 bridgehead atoms. The number of hydrogen-bond acceptors (Lipinski definition) is 4. The van der Waals surface area contributed by atoms with Crippen molar-refractivity contribution in [2.75, 3.05) is 20.2 Å². The lowest BCUT2D eigenvalue weighted by Crippen LogP contribution is -2.40. The number of aryl methyl sites for hydroxylation is 1. The molecule has 1 aromatic heterocycles. The predicted molar refractivity (Wildman–Crippen MR) is 72.6 cm³/mol. The van der Waals surface area contributed by atoms with Crippen molar-refractivity contribution >= 4 is 0 Å². The molecular weight excluding hydrogens is 226 g/mol. The third kappa shape index (κ3) is 3.43. The minimum absolute atomic E-state index is 0.516. The quantitative estimate of drug-likeness (QED) is 0.882. The van der Waals surface area contributed by atoms with Crippen molar-refractivity contribution in [1.29, 1.82) is 0 Å². The highest BCUT2D eigenvalue weighted by molar-refractivity contribution is 5.24. The second-order valence-electron chi connectivity index (χ2n) is 5.10. The van der Waals surface area contributed by atoms with Gasteiger partial charge in [0.05, 0.1) is 0 Å². The van der Waals surface area contributed by atoms with Gasteiger partial charge in [-0.1, -0.05) is 6.42 Å². The van der Waals surface area contributed by atoms with Gasteiger partial charge in [0, 0.05) is 24.3 Å². The van der Waals surface area contributed by atoms with E-state index in [1.165, 1.54) is 25.8 Å². The third-order valence-corrected chi connectivity index (χ3v) is 3.57. The van der Waals surface area contributed by atoms with Gasteiger partial charge in [-0.2, -0.15) is 0 Å². The Morgan fingerprint density at radius 3 is 3.00 bits per heavy atom. The first-order valence-electron chi connectivity index (χ1n) is 6.69. The highest BCUT2D eigenvalue weighted by Crippen LogP contribution is 2.17. The minimum atomic E-state index is 0.516. The first kappa shape index (κ1) is 13.3. The van der Waals surface area contributed by atoms with Crippen LogP contribution in [-0.4, -0.2) is 36.1 Å². The van der Waals surface area contributed by atoms with E-state index in [0.717, 1.165) is 17.9 Å². The van der Waals surface area contributed by atoms with Crippen LogP contribution in [0.4, 0.5) is 0 Å². The average molecular weight is 249 g/mol. The molecule has 1 aliphatic heterocycles. The van der Waals surface area contributed by atoms with Crippen molar-refractivity contribution in [3.05, 3.63) is 23.4 Å². The maximum absolute atomic E-state index is 5.83. The number of nitrogens with zero attached hydrogens (tertiary/aromatic N) is 2. The molecule has 0 aromatic carbocycles. The fourth-order valence-electron chi connectivity index (χ4n) is 2.44. The first-order valence-corrected chi connectivity index (χ1v) is 6.69. The Bertz CT molecular complexity index is 395. The number of hydrogen-bond donors (Lipinski definition) is 1. The molecule has 1 aromatic rings. The second kappa shape index (κ2) is 6.16. The summed E-state index contributed by atoms with van der Waals surface area (Å²) in [5.41, 5.74) is 7.70. The normalized spacial score (nSPS) is 20.9. The number of ether oxygens (including phenoxy) is 1. The van der Waals surface area contributed by atoms with Gasteiger partial charge in [-0.15, -0.1) is 0 Å². The molecule has 1 saturated heterocycles. The maximum atomic E-state index is 5.83. The van der Waals surface area contributed by atoms with Gasteiger partial charge in [0.25, 0.3) is 0 Å². The van der Waals surface area contributed by atoms with Gasteiger partial charge >= 0.3 is 0 Å². The first-order chi connectivity index (χ1) is 8.69. The summed E-state index contributed by atoms with van der Waals surface area (Å²) in [5.74, 6) is 0.703. The van der Waals surface area contributed by atoms with E-state index >= 15 is 0 Å². The van der Waals surface area contributed by atoms with Gasteiger partial charge in [-0.3, -0.25) is 0 Å². The molecule has 0 saturated carbocycles. The monoisotopic (exact) mass is 249 g/mol. The Morgan fingerprint density at radius 1 is 1.44 bits per heavy atom. The van der Waals surface area contributed by atoms with Crippen molar-refractivity contribution in [3.8, 4) is 5.88 Å². The van der Waals surface area contributed by atoms with Crippen LogP contribution >= 0.6 is 0 Å². The van der Waals surface area contributed by atoms with Gasteiger partial charge in [-0.05, 0) is 45.0 Å². The number of likely N-dealkylation sites (tertiary alicyclic amines) is 1. The number of piperidine rings is 1. The van der Waals surface area contributed by atoms with E-state index in [9.17, 15) is 0 Å². The Balaban J connectivity index is 1.94. The van der Waals surface area contributed by atoms with Crippen molar-refractivity contribution < 1.29 is 4.74 Å². The summed E-state index contributed by atoms with van der Waals surface area (Å²) < 4.78 is 5.83. The number of aromatic nitrogens is 1. The molecule has 2 rings (SSSR count). The van der Waals surface area contributed by atoms with E-state index in [-0.39, 0.29) is 0 Å². The van der Waals surface area contributed by atoms with Gasteiger partial charge in [0.15, 0.2) is 0 Å². The van der Waals surface area contributed by atoms with Crippen molar-refractivity contribution in [3.63, 3.8) is 0 Å². The van der Waals surface area contributed by atoms with E-state index in [0.29, 0.717) is 18.5 Å². The van der Waals surface area contributed by atoms with Crippen LogP contribution in [0.5, 0.6) is 5.88 Å². The van der Waals surface area contributed by atoms with Crippen molar-refractivity contribution in [2.24, 2.45) is 5.73 Å². The van der Waals surface area contributed by atoms with E-state index in [1.807, 2.05) is 19.1 Å². The lowest BCUT2D eigenvalue weighted by atomic mass is 10.0. The molecule has 1 fully saturated rings. The Hall–Kier alpha value is -1.13. The number of likely N-dealkylation sites (N-methyl/N-ethyl adjacent to an activating group) is 1. The van der Waals surface area contributed by atoms with Crippen molar-refractivity contribution in [1.82, 2.24) is 9.88 Å². The van der Waals surface area contributed by atoms with Crippen LogP contribution in [0.15, 0.2) is 12.1 Å². The summed E-state index contributed by atoms with van der Waals surface area (Å²) in [4.78, 5) is 6.77. The van der Waals surface area contributed by atoms with E-state index in [1.54, 1.807) is 0 Å². The molecule has 1 unspecified atom stereocenters. The fraction of sp³-hybridized carbons (Fsp3) is 0.643. The number of pyridine rings is 1. The molecule has 0 radical (unpaired) electrons. The molecule has 2 N–H and O–H groups in total. The molecule has 18 heavy (non-hydrogen) atoms. The zero-order chi connectivity index (χ0) is 13.0. The summed E-state index contributed by atoms with van der Waals surface area (Å²) in [6.07, 6.45) is 3.81. The average Bonchev–Trinajstić information content (AvgIpc) is 2.37. The number of nitrogens with two attached hydrogens (primary N) is 1. The van der Waals surface area contributed by atoms with Gasteiger partial charge in [0.2, 0.25) is 5.88 Å². The maximum Gasteiger partial charge on any atom is 0.213 e. The molecule has 1 aliphatic rings. The van der Waals surface area contributed by atoms with Crippen molar-refractivity contribution in [2.45, 2.75) is 38.8 Å². The molecule has 0 spiro atoms. The zero-order valence-electron chi connectivity index (χ0n) is 11.4. The zero-order valence-corrected chi connectivity index (χ0v) is 11.4. The second-order valence-corrected chi connectivity index (χ2v) is 5.10. The molecular formula is C14H23N3O. The largest absolute Gasteiger partial charge is 0.476 e. The molecule has 0 amide bonds. The topological polar surface area (TPSA) is 51.4 Å². The van der Waals surface area contributed by atoms with Crippen LogP contribution in [0.2, 0.25) is 0 Å². The predicted octanol–water partition coefficient (Wildman–Crippen LogP) is 1.71. The van der Waals surface area contributed by atoms with Crippen LogP contribution in [0.1, 0.15) is 30.5 Å². The standard InChI is InChI=1S/C14H23N3O/c1-11-7-12(9-15)8-14(16-11)18-10-13-5-3-4-6-17(13)2/h7-8,13H,3-6,9-10,15H2,1-2H3. The highest BCUT2D eigenvalue weighted by atomic mass is 16.5. The fourth-order valence-corrected chi connectivity index (χ4v) is 2.44. The smallest absolute Gasteiger partial charge is 0.213 e. The van der Waals surface area contributed by atoms with Crippen LogP contribution in [-0.2, 0) is 6.54 Å².